The third-order valence-corrected chi connectivity index (χ3v) is 3.26. The minimum atomic E-state index is -0.324. The van der Waals surface area contributed by atoms with Crippen molar-refractivity contribution in [1.29, 1.82) is 0 Å². The summed E-state index contributed by atoms with van der Waals surface area (Å²) in [4.78, 5) is 23.2. The Hall–Kier alpha value is -2.41. The van der Waals surface area contributed by atoms with Crippen LogP contribution in [0.5, 0.6) is 0 Å². The quantitative estimate of drug-likeness (QED) is 0.764. The van der Waals surface area contributed by atoms with Crippen molar-refractivity contribution in [2.24, 2.45) is 0 Å². The highest BCUT2D eigenvalue weighted by atomic mass is 32.2. The van der Waals surface area contributed by atoms with Crippen LogP contribution in [0, 0.1) is 0 Å². The summed E-state index contributed by atoms with van der Waals surface area (Å²) in [5.41, 5.74) is 1.33. The maximum atomic E-state index is 11.7. The Labute approximate surface area is 132 Å². The Morgan fingerprint density at radius 3 is 2.36 bits per heavy atom. The molecule has 22 heavy (non-hydrogen) atoms. The van der Waals surface area contributed by atoms with Gasteiger partial charge in [0.05, 0.1) is 18.6 Å². The van der Waals surface area contributed by atoms with Crippen LogP contribution < -0.4 is 16.0 Å². The minimum absolute atomic E-state index is 0.0515. The van der Waals surface area contributed by atoms with Gasteiger partial charge in [-0.3, -0.25) is 4.79 Å². The predicted molar refractivity (Wildman–Crippen MR) is 88.0 cm³/mol. The van der Waals surface area contributed by atoms with Crippen molar-refractivity contribution in [2.45, 2.75) is 6.54 Å². The number of carbonyl (C=O) groups is 2. The number of carbonyl (C=O) groups excluding carboxylic acids is 2. The van der Waals surface area contributed by atoms with Crippen molar-refractivity contribution in [2.75, 3.05) is 22.6 Å². The van der Waals surface area contributed by atoms with Gasteiger partial charge in [-0.1, -0.05) is 0 Å². The molecule has 0 bridgehead atoms. The average Bonchev–Trinajstić information content (AvgIpc) is 3.01. The maximum absolute atomic E-state index is 11.7. The molecule has 3 amide bonds. The lowest BCUT2D eigenvalue weighted by Gasteiger charge is -2.08. The van der Waals surface area contributed by atoms with Gasteiger partial charge in [-0.05, 0) is 42.7 Å². The summed E-state index contributed by atoms with van der Waals surface area (Å²) in [6.45, 7) is 0.321. The lowest BCUT2D eigenvalue weighted by Crippen LogP contribution is -2.27. The topological polar surface area (TPSA) is 83.4 Å². The molecular weight excluding hydrogens is 302 g/mol. The molecule has 0 atom stereocenters. The largest absolute Gasteiger partial charge is 0.467 e. The van der Waals surface area contributed by atoms with Crippen molar-refractivity contribution in [3.05, 3.63) is 48.4 Å². The van der Waals surface area contributed by atoms with Crippen LogP contribution in [-0.2, 0) is 11.3 Å². The second-order valence-corrected chi connectivity index (χ2v) is 5.31. The van der Waals surface area contributed by atoms with Crippen LogP contribution in [0.15, 0.2) is 47.1 Å². The Balaban J connectivity index is 1.80. The standard InChI is InChI=1S/C15H17N3O3S/c1-22-10-14(19)17-11-4-6-12(7-5-11)18-15(20)16-9-13-3-2-8-21-13/h2-8H,9-10H2,1H3,(H,17,19)(H2,16,18,20). The Kier molecular flexibility index (Phi) is 5.91. The molecule has 1 aromatic carbocycles. The molecule has 0 fully saturated rings. The van der Waals surface area contributed by atoms with E-state index in [0.717, 1.165) is 0 Å². The number of rotatable bonds is 6. The van der Waals surface area contributed by atoms with E-state index in [9.17, 15) is 9.59 Å². The van der Waals surface area contributed by atoms with Gasteiger partial charge in [0.25, 0.3) is 0 Å². The van der Waals surface area contributed by atoms with Crippen LogP contribution in [0.2, 0.25) is 0 Å². The molecule has 116 valence electrons. The van der Waals surface area contributed by atoms with Crippen molar-refractivity contribution >= 4 is 35.1 Å². The van der Waals surface area contributed by atoms with Gasteiger partial charge in [-0.25, -0.2) is 4.79 Å². The lowest BCUT2D eigenvalue weighted by molar-refractivity contribution is -0.113. The molecule has 1 heterocycles. The van der Waals surface area contributed by atoms with Gasteiger partial charge in [0.2, 0.25) is 5.91 Å². The van der Waals surface area contributed by atoms with E-state index in [1.54, 1.807) is 42.7 Å². The second kappa shape index (κ2) is 8.14. The number of thioether (sulfide) groups is 1. The van der Waals surface area contributed by atoms with Crippen molar-refractivity contribution < 1.29 is 14.0 Å². The fourth-order valence-corrected chi connectivity index (χ4v) is 2.06. The third-order valence-electron chi connectivity index (χ3n) is 2.71. The number of hydrogen-bond donors (Lipinski definition) is 3. The normalized spacial score (nSPS) is 10.0. The van der Waals surface area contributed by atoms with E-state index in [-0.39, 0.29) is 11.9 Å². The van der Waals surface area contributed by atoms with Gasteiger partial charge in [0.15, 0.2) is 0 Å². The van der Waals surface area contributed by atoms with E-state index >= 15 is 0 Å². The first-order valence-electron chi connectivity index (χ1n) is 6.63. The van der Waals surface area contributed by atoms with Crippen molar-refractivity contribution in [1.82, 2.24) is 5.32 Å². The zero-order chi connectivity index (χ0) is 15.8. The molecule has 0 spiro atoms. The molecule has 0 aliphatic heterocycles. The monoisotopic (exact) mass is 319 g/mol. The van der Waals surface area contributed by atoms with Gasteiger partial charge in [-0.2, -0.15) is 11.8 Å². The van der Waals surface area contributed by atoms with Crippen LogP contribution in [0.3, 0.4) is 0 Å². The van der Waals surface area contributed by atoms with Crippen LogP contribution in [-0.4, -0.2) is 23.9 Å². The molecule has 6 nitrogen and oxygen atoms in total. The molecule has 1 aromatic heterocycles. The summed E-state index contributed by atoms with van der Waals surface area (Å²) in [5, 5.41) is 8.15. The number of amides is 3. The van der Waals surface area contributed by atoms with E-state index in [2.05, 4.69) is 16.0 Å². The molecule has 0 saturated heterocycles. The van der Waals surface area contributed by atoms with Crippen LogP contribution in [0.4, 0.5) is 16.2 Å². The number of nitrogens with one attached hydrogen (secondary N) is 3. The molecule has 2 rings (SSSR count). The summed E-state index contributed by atoms with van der Waals surface area (Å²) in [5.74, 6) is 1.04. The lowest BCUT2D eigenvalue weighted by atomic mass is 10.3. The van der Waals surface area contributed by atoms with Gasteiger partial charge in [0.1, 0.15) is 5.76 Å². The molecule has 0 saturated carbocycles. The summed E-state index contributed by atoms with van der Waals surface area (Å²) in [6, 6.07) is 10.1. The first kappa shape index (κ1) is 16.0. The summed E-state index contributed by atoms with van der Waals surface area (Å²) < 4.78 is 5.12. The maximum Gasteiger partial charge on any atom is 0.319 e. The molecule has 2 aromatic rings. The number of anilines is 2. The van der Waals surface area contributed by atoms with Crippen molar-refractivity contribution in [3.63, 3.8) is 0 Å². The summed E-state index contributed by atoms with van der Waals surface area (Å²) in [6.07, 6.45) is 3.42. The van der Waals surface area contributed by atoms with Gasteiger partial charge >= 0.3 is 6.03 Å². The smallest absolute Gasteiger partial charge is 0.319 e. The molecule has 3 N–H and O–H groups in total. The highest BCUT2D eigenvalue weighted by Crippen LogP contribution is 2.13. The van der Waals surface area contributed by atoms with Crippen molar-refractivity contribution in [3.8, 4) is 0 Å². The first-order valence-corrected chi connectivity index (χ1v) is 8.03. The highest BCUT2D eigenvalue weighted by Gasteiger charge is 2.04. The predicted octanol–water partition coefficient (Wildman–Crippen LogP) is 2.90. The Morgan fingerprint density at radius 1 is 1.09 bits per heavy atom. The Morgan fingerprint density at radius 2 is 1.77 bits per heavy atom. The fraction of sp³-hybridized carbons (Fsp3) is 0.200. The van der Waals surface area contributed by atoms with E-state index in [1.165, 1.54) is 11.8 Å². The summed E-state index contributed by atoms with van der Waals surface area (Å²) in [7, 11) is 0. The van der Waals surface area contributed by atoms with E-state index < -0.39 is 0 Å². The highest BCUT2D eigenvalue weighted by molar-refractivity contribution is 7.99. The zero-order valence-electron chi connectivity index (χ0n) is 12.1. The third kappa shape index (κ3) is 5.17. The molecule has 7 heteroatoms. The number of hydrogen-bond acceptors (Lipinski definition) is 4. The average molecular weight is 319 g/mol. The second-order valence-electron chi connectivity index (χ2n) is 4.45. The molecular formula is C15H17N3O3S. The number of furan rings is 1. The fourth-order valence-electron chi connectivity index (χ4n) is 1.72. The van der Waals surface area contributed by atoms with Gasteiger partial charge < -0.3 is 20.4 Å². The van der Waals surface area contributed by atoms with Crippen LogP contribution in [0.25, 0.3) is 0 Å². The SMILES string of the molecule is CSCC(=O)Nc1ccc(NC(=O)NCc2ccco2)cc1. The van der Waals surface area contributed by atoms with E-state index in [4.69, 9.17) is 4.42 Å². The summed E-state index contributed by atoms with van der Waals surface area (Å²) >= 11 is 1.46. The van der Waals surface area contributed by atoms with Crippen LogP contribution in [0.1, 0.15) is 5.76 Å². The van der Waals surface area contributed by atoms with E-state index in [1.807, 2.05) is 6.26 Å². The Bertz CT molecular complexity index is 611. The molecule has 0 unspecified atom stereocenters. The molecule has 0 aliphatic rings. The number of benzene rings is 1. The van der Waals surface area contributed by atoms with Gasteiger partial charge in [-0.15, -0.1) is 0 Å². The zero-order valence-corrected chi connectivity index (χ0v) is 12.9. The molecule has 0 radical (unpaired) electrons. The molecule has 0 aliphatic carbocycles. The minimum Gasteiger partial charge on any atom is -0.467 e. The number of urea groups is 1. The van der Waals surface area contributed by atoms with E-state index in [0.29, 0.717) is 29.4 Å². The first-order chi connectivity index (χ1) is 10.7. The van der Waals surface area contributed by atoms with Crippen LogP contribution >= 0.6 is 11.8 Å². The van der Waals surface area contributed by atoms with Gasteiger partial charge in [0, 0.05) is 11.4 Å².